The van der Waals surface area contributed by atoms with E-state index in [1.54, 1.807) is 4.68 Å². The van der Waals surface area contributed by atoms with Gasteiger partial charge in [-0.15, -0.1) is 5.10 Å². The van der Waals surface area contributed by atoms with Crippen LogP contribution in [-0.4, -0.2) is 65.7 Å². The molecular weight excluding hydrogens is 394 g/mol. The summed E-state index contributed by atoms with van der Waals surface area (Å²) >= 11 is 0. The number of carbonyl (C=O) groups is 1. The molecule has 4 rings (SSSR count). The molecular formula is C19H25N5O4S. The predicted molar refractivity (Wildman–Crippen MR) is 106 cm³/mol. The van der Waals surface area contributed by atoms with Crippen LogP contribution in [0.25, 0.3) is 5.69 Å². The lowest BCUT2D eigenvalue weighted by Crippen LogP contribution is -2.35. The van der Waals surface area contributed by atoms with Crippen LogP contribution < -0.4 is 5.32 Å². The Hall–Kier alpha value is -2.30. The van der Waals surface area contributed by atoms with Gasteiger partial charge in [0.1, 0.15) is 0 Å². The predicted octanol–water partition coefficient (Wildman–Crippen LogP) is 0.802. The maximum Gasteiger partial charge on any atom is 0.273 e. The molecule has 0 bridgehead atoms. The molecule has 1 atom stereocenters. The second-order valence-corrected chi connectivity index (χ2v) is 9.52. The average molecular weight is 420 g/mol. The van der Waals surface area contributed by atoms with E-state index in [0.29, 0.717) is 31.7 Å². The van der Waals surface area contributed by atoms with E-state index in [2.05, 4.69) is 15.6 Å². The Balaban J connectivity index is 1.56. The number of hydrogen-bond donors (Lipinski definition) is 1. The fourth-order valence-electron chi connectivity index (χ4n) is 3.91. The third-order valence-corrected chi connectivity index (χ3v) is 6.78. The Morgan fingerprint density at radius 3 is 2.93 bits per heavy atom. The fourth-order valence-corrected chi connectivity index (χ4v) is 4.70. The number of aromatic nitrogens is 3. The lowest BCUT2D eigenvalue weighted by atomic mass is 9.99. The van der Waals surface area contributed by atoms with Crippen molar-refractivity contribution in [3.63, 3.8) is 0 Å². The highest BCUT2D eigenvalue weighted by Crippen LogP contribution is 2.27. The third-order valence-electron chi connectivity index (χ3n) is 5.53. The standard InChI is InChI=1S/C19H25N5O4S/c1-13-18(19(25)20-11-15-6-4-10-28-15)21-22-24(13)17-7-3-5-14-12-23(29(2,26)27)9-8-16(14)17/h3,5,7,15H,4,6,8-12H2,1-2H3,(H,20,25). The van der Waals surface area contributed by atoms with E-state index in [4.69, 9.17) is 4.74 Å². The third kappa shape index (κ3) is 4.05. The summed E-state index contributed by atoms with van der Waals surface area (Å²) in [6, 6.07) is 5.72. The van der Waals surface area contributed by atoms with Gasteiger partial charge in [0.2, 0.25) is 10.0 Å². The molecule has 1 amide bonds. The van der Waals surface area contributed by atoms with Crippen LogP contribution in [0.5, 0.6) is 0 Å². The number of nitrogens with zero attached hydrogens (tertiary/aromatic N) is 4. The number of hydrogen-bond acceptors (Lipinski definition) is 6. The summed E-state index contributed by atoms with van der Waals surface area (Å²) in [6.45, 7) is 3.78. The Kier molecular flexibility index (Phi) is 5.41. The normalized spacial score (nSPS) is 19.9. The molecule has 1 N–H and O–H groups in total. The molecule has 156 valence electrons. The zero-order chi connectivity index (χ0) is 20.6. The maximum absolute atomic E-state index is 12.6. The highest BCUT2D eigenvalue weighted by molar-refractivity contribution is 7.88. The molecule has 3 heterocycles. The summed E-state index contributed by atoms with van der Waals surface area (Å²) in [5.41, 5.74) is 3.74. The Labute approximate surface area is 170 Å². The van der Waals surface area contributed by atoms with Crippen molar-refractivity contribution in [1.29, 1.82) is 0 Å². The molecule has 0 spiro atoms. The number of sulfonamides is 1. The van der Waals surface area contributed by atoms with Gasteiger partial charge in [-0.2, -0.15) is 4.31 Å². The van der Waals surface area contributed by atoms with Crippen LogP contribution in [0, 0.1) is 6.92 Å². The second-order valence-electron chi connectivity index (χ2n) is 7.54. The molecule has 1 aromatic carbocycles. The van der Waals surface area contributed by atoms with E-state index >= 15 is 0 Å². The topological polar surface area (TPSA) is 106 Å². The van der Waals surface area contributed by atoms with Crippen LogP contribution in [0.15, 0.2) is 18.2 Å². The van der Waals surface area contributed by atoms with Crippen LogP contribution in [0.1, 0.15) is 40.2 Å². The second kappa shape index (κ2) is 7.85. The van der Waals surface area contributed by atoms with Gasteiger partial charge in [-0.1, -0.05) is 17.3 Å². The molecule has 10 heteroatoms. The molecule has 29 heavy (non-hydrogen) atoms. The fraction of sp³-hybridized carbons (Fsp3) is 0.526. The molecule has 9 nitrogen and oxygen atoms in total. The molecule has 1 unspecified atom stereocenters. The number of benzene rings is 1. The van der Waals surface area contributed by atoms with Crippen molar-refractivity contribution in [2.75, 3.05) is 26.0 Å². The minimum absolute atomic E-state index is 0.0632. The SMILES string of the molecule is Cc1c(C(=O)NCC2CCCO2)nnn1-c1cccc2c1CCN(S(C)(=O)=O)C2. The van der Waals surface area contributed by atoms with Gasteiger partial charge < -0.3 is 10.1 Å². The van der Waals surface area contributed by atoms with Crippen molar-refractivity contribution in [1.82, 2.24) is 24.6 Å². The first-order chi connectivity index (χ1) is 13.8. The quantitative estimate of drug-likeness (QED) is 0.768. The van der Waals surface area contributed by atoms with Crippen molar-refractivity contribution in [2.45, 2.75) is 38.8 Å². The molecule has 2 aromatic rings. The van der Waals surface area contributed by atoms with Gasteiger partial charge in [0, 0.05) is 26.2 Å². The summed E-state index contributed by atoms with van der Waals surface area (Å²) in [6.07, 6.45) is 3.84. The summed E-state index contributed by atoms with van der Waals surface area (Å²) in [5, 5.41) is 11.2. The monoisotopic (exact) mass is 419 g/mol. The van der Waals surface area contributed by atoms with E-state index in [-0.39, 0.29) is 17.7 Å². The number of rotatable bonds is 5. The lowest BCUT2D eigenvalue weighted by Gasteiger charge is -2.28. The Morgan fingerprint density at radius 1 is 1.38 bits per heavy atom. The van der Waals surface area contributed by atoms with Gasteiger partial charge >= 0.3 is 0 Å². The summed E-state index contributed by atoms with van der Waals surface area (Å²) in [7, 11) is -3.24. The Morgan fingerprint density at radius 2 is 2.21 bits per heavy atom. The van der Waals surface area contributed by atoms with Crippen molar-refractivity contribution in [3.05, 3.63) is 40.7 Å². The number of fused-ring (bicyclic) bond motifs is 1. The first kappa shape index (κ1) is 20.0. The van der Waals surface area contributed by atoms with Crippen LogP contribution >= 0.6 is 0 Å². The van der Waals surface area contributed by atoms with Crippen molar-refractivity contribution >= 4 is 15.9 Å². The minimum Gasteiger partial charge on any atom is -0.376 e. The van der Waals surface area contributed by atoms with Gasteiger partial charge in [0.05, 0.1) is 23.7 Å². The lowest BCUT2D eigenvalue weighted by molar-refractivity contribution is 0.0853. The molecule has 0 saturated carbocycles. The van der Waals surface area contributed by atoms with Crippen LogP contribution in [-0.2, 0) is 27.7 Å². The van der Waals surface area contributed by atoms with Crippen LogP contribution in [0.4, 0.5) is 0 Å². The molecule has 2 aliphatic heterocycles. The molecule has 2 aliphatic rings. The summed E-state index contributed by atoms with van der Waals surface area (Å²) in [4.78, 5) is 12.6. The first-order valence-electron chi connectivity index (χ1n) is 9.73. The summed E-state index contributed by atoms with van der Waals surface area (Å²) in [5.74, 6) is -0.266. The largest absolute Gasteiger partial charge is 0.376 e. The van der Waals surface area contributed by atoms with E-state index in [0.717, 1.165) is 36.3 Å². The summed E-state index contributed by atoms with van der Waals surface area (Å²) < 4.78 is 32.4. The van der Waals surface area contributed by atoms with Crippen LogP contribution in [0.2, 0.25) is 0 Å². The van der Waals surface area contributed by atoms with E-state index in [9.17, 15) is 13.2 Å². The number of nitrogens with one attached hydrogen (secondary N) is 1. The molecule has 1 aromatic heterocycles. The zero-order valence-corrected chi connectivity index (χ0v) is 17.4. The molecule has 0 aliphatic carbocycles. The van der Waals surface area contributed by atoms with Crippen LogP contribution in [0.3, 0.4) is 0 Å². The molecule has 1 fully saturated rings. The number of carbonyl (C=O) groups excluding carboxylic acids is 1. The zero-order valence-electron chi connectivity index (χ0n) is 16.6. The maximum atomic E-state index is 12.6. The van der Waals surface area contributed by atoms with E-state index < -0.39 is 10.0 Å². The smallest absolute Gasteiger partial charge is 0.273 e. The highest BCUT2D eigenvalue weighted by atomic mass is 32.2. The molecule has 1 saturated heterocycles. The van der Waals surface area contributed by atoms with Crippen molar-refractivity contribution in [2.24, 2.45) is 0 Å². The minimum atomic E-state index is -3.24. The van der Waals surface area contributed by atoms with E-state index in [1.165, 1.54) is 10.6 Å². The average Bonchev–Trinajstić information content (AvgIpc) is 3.34. The molecule has 0 radical (unpaired) electrons. The first-order valence-corrected chi connectivity index (χ1v) is 11.6. The van der Waals surface area contributed by atoms with Gasteiger partial charge in [-0.25, -0.2) is 13.1 Å². The van der Waals surface area contributed by atoms with Gasteiger partial charge in [-0.3, -0.25) is 4.79 Å². The van der Waals surface area contributed by atoms with Gasteiger partial charge in [-0.05, 0) is 43.4 Å². The van der Waals surface area contributed by atoms with Crippen molar-refractivity contribution in [3.8, 4) is 5.69 Å². The van der Waals surface area contributed by atoms with Crippen molar-refractivity contribution < 1.29 is 17.9 Å². The highest BCUT2D eigenvalue weighted by Gasteiger charge is 2.27. The van der Waals surface area contributed by atoms with Gasteiger partial charge in [0.15, 0.2) is 5.69 Å². The van der Waals surface area contributed by atoms with E-state index in [1.807, 2.05) is 25.1 Å². The van der Waals surface area contributed by atoms with Gasteiger partial charge in [0.25, 0.3) is 5.91 Å². The number of amides is 1. The number of ether oxygens (including phenoxy) is 1. The Bertz CT molecular complexity index is 1030.